The van der Waals surface area contributed by atoms with Crippen molar-refractivity contribution in [3.05, 3.63) is 71.8 Å². The molecule has 1 aliphatic rings. The zero-order chi connectivity index (χ0) is 23.5. The van der Waals surface area contributed by atoms with E-state index in [0.717, 1.165) is 24.0 Å². The number of nitrogens with one attached hydrogen (secondary N) is 1. The predicted octanol–water partition coefficient (Wildman–Crippen LogP) is 3.18. The number of hydrogen-bond donors (Lipinski definition) is 2. The lowest BCUT2D eigenvalue weighted by Gasteiger charge is -2.27. The molecule has 2 N–H and O–H groups in total. The van der Waals surface area contributed by atoms with E-state index in [9.17, 15) is 19.5 Å². The average Bonchev–Trinajstić information content (AvgIpc) is 3.01. The normalized spacial score (nSPS) is 17.3. The van der Waals surface area contributed by atoms with Crippen molar-refractivity contribution in [3.8, 4) is 0 Å². The molecule has 1 fully saturated rings. The van der Waals surface area contributed by atoms with Crippen molar-refractivity contribution in [1.29, 1.82) is 0 Å². The van der Waals surface area contributed by atoms with Crippen molar-refractivity contribution >= 4 is 17.8 Å². The summed E-state index contributed by atoms with van der Waals surface area (Å²) in [4.78, 5) is 38.7. The second-order valence-corrected chi connectivity index (χ2v) is 8.35. The maximum atomic E-state index is 13.1. The third kappa shape index (κ3) is 8.02. The molecule has 2 aromatic rings. The Hall–Kier alpha value is -3.19. The highest BCUT2D eigenvalue weighted by Gasteiger charge is 2.31. The van der Waals surface area contributed by atoms with Crippen LogP contribution in [0.2, 0.25) is 0 Å². The Morgan fingerprint density at radius 2 is 1.70 bits per heavy atom. The maximum absolute atomic E-state index is 13.1. The van der Waals surface area contributed by atoms with Crippen LogP contribution in [0.4, 0.5) is 0 Å². The number of amides is 1. The summed E-state index contributed by atoms with van der Waals surface area (Å²) in [7, 11) is 0. The number of hydrogen-bond acceptors (Lipinski definition) is 5. The van der Waals surface area contributed by atoms with Gasteiger partial charge in [-0.25, -0.2) is 0 Å². The first-order valence-corrected chi connectivity index (χ1v) is 11.5. The molecule has 176 valence electrons. The van der Waals surface area contributed by atoms with E-state index in [1.807, 2.05) is 60.7 Å². The first-order chi connectivity index (χ1) is 16.0. The highest BCUT2D eigenvalue weighted by molar-refractivity contribution is 5.84. The number of aliphatic carboxylic acids is 1. The van der Waals surface area contributed by atoms with Crippen molar-refractivity contribution in [2.75, 3.05) is 13.1 Å². The Bertz CT molecular complexity index is 903. The molecule has 0 radical (unpaired) electrons. The standard InChI is InChI=1S/C26H32N2O5/c29-24(33-19-21-11-5-2-6-12-21)16-18-28-17-8-7-13-22(25(28)30)27-23(26(31)32)15-14-20-9-3-1-4-10-20/h1-6,9-12,22-23,27H,7-8,13-19H2,(H,31,32)/t22-,23-/m0/s1. The van der Waals surface area contributed by atoms with Gasteiger partial charge < -0.3 is 14.7 Å². The summed E-state index contributed by atoms with van der Waals surface area (Å²) in [5.41, 5.74) is 1.98. The van der Waals surface area contributed by atoms with Crippen LogP contribution >= 0.6 is 0 Å². The number of esters is 1. The quantitative estimate of drug-likeness (QED) is 0.509. The van der Waals surface area contributed by atoms with Gasteiger partial charge in [-0.05, 0) is 43.2 Å². The fourth-order valence-corrected chi connectivity index (χ4v) is 3.99. The van der Waals surface area contributed by atoms with Crippen LogP contribution in [0, 0.1) is 0 Å². The third-order valence-electron chi connectivity index (χ3n) is 5.87. The number of benzene rings is 2. The van der Waals surface area contributed by atoms with E-state index in [4.69, 9.17) is 4.74 Å². The molecule has 7 heteroatoms. The SMILES string of the molecule is O=C(CCN1CCCC[C@H](N[C@@H](CCc2ccccc2)C(=O)O)C1=O)OCc1ccccc1. The van der Waals surface area contributed by atoms with Gasteiger partial charge in [0.15, 0.2) is 0 Å². The molecule has 1 aliphatic heterocycles. The summed E-state index contributed by atoms with van der Waals surface area (Å²) in [5, 5.41) is 12.8. The second-order valence-electron chi connectivity index (χ2n) is 8.35. The topological polar surface area (TPSA) is 95.9 Å². The molecule has 2 aromatic carbocycles. The Kier molecular flexibility index (Phi) is 9.44. The Balaban J connectivity index is 1.50. The summed E-state index contributed by atoms with van der Waals surface area (Å²) in [6.45, 7) is 1.04. The summed E-state index contributed by atoms with van der Waals surface area (Å²) in [6, 6.07) is 17.8. The van der Waals surface area contributed by atoms with Gasteiger partial charge in [0.05, 0.1) is 12.5 Å². The predicted molar refractivity (Wildman–Crippen MR) is 124 cm³/mol. The van der Waals surface area contributed by atoms with Crippen LogP contribution in [0.5, 0.6) is 0 Å². The summed E-state index contributed by atoms with van der Waals surface area (Å²) in [6.07, 6.45) is 3.36. The lowest BCUT2D eigenvalue weighted by Crippen LogP contribution is -2.51. The number of carboxylic acid groups (broad SMARTS) is 1. The summed E-state index contributed by atoms with van der Waals surface area (Å²) < 4.78 is 5.31. The number of carboxylic acids is 1. The maximum Gasteiger partial charge on any atom is 0.320 e. The number of nitrogens with zero attached hydrogens (tertiary/aromatic N) is 1. The molecule has 3 rings (SSSR count). The largest absolute Gasteiger partial charge is 0.480 e. The molecule has 7 nitrogen and oxygen atoms in total. The number of carbonyl (C=O) groups excluding carboxylic acids is 2. The number of carbonyl (C=O) groups is 3. The molecule has 0 saturated carbocycles. The lowest BCUT2D eigenvalue weighted by molar-refractivity contribution is -0.146. The fraction of sp³-hybridized carbons (Fsp3) is 0.423. The van der Waals surface area contributed by atoms with Crippen molar-refractivity contribution < 1.29 is 24.2 Å². The molecular formula is C26H32N2O5. The van der Waals surface area contributed by atoms with Crippen LogP contribution in [0.3, 0.4) is 0 Å². The van der Waals surface area contributed by atoms with Gasteiger partial charge in [-0.2, -0.15) is 0 Å². The van der Waals surface area contributed by atoms with E-state index >= 15 is 0 Å². The number of ether oxygens (including phenoxy) is 1. The van der Waals surface area contributed by atoms with Gasteiger partial charge in [0.25, 0.3) is 0 Å². The molecule has 0 aromatic heterocycles. The first-order valence-electron chi connectivity index (χ1n) is 11.5. The minimum atomic E-state index is -0.959. The van der Waals surface area contributed by atoms with Crippen LogP contribution in [-0.4, -0.2) is 53.0 Å². The van der Waals surface area contributed by atoms with Crippen molar-refractivity contribution in [1.82, 2.24) is 10.2 Å². The molecule has 0 spiro atoms. The molecule has 1 heterocycles. The summed E-state index contributed by atoms with van der Waals surface area (Å²) >= 11 is 0. The van der Waals surface area contributed by atoms with E-state index in [1.54, 1.807) is 4.90 Å². The monoisotopic (exact) mass is 452 g/mol. The molecular weight excluding hydrogens is 420 g/mol. The average molecular weight is 453 g/mol. The van der Waals surface area contributed by atoms with E-state index in [-0.39, 0.29) is 31.4 Å². The van der Waals surface area contributed by atoms with Crippen LogP contribution in [0.25, 0.3) is 0 Å². The van der Waals surface area contributed by atoms with E-state index in [2.05, 4.69) is 5.32 Å². The van der Waals surface area contributed by atoms with Crippen LogP contribution in [-0.2, 0) is 32.1 Å². The van der Waals surface area contributed by atoms with Crippen molar-refractivity contribution in [2.45, 2.75) is 57.2 Å². The van der Waals surface area contributed by atoms with Gasteiger partial charge in [-0.15, -0.1) is 0 Å². The van der Waals surface area contributed by atoms with Gasteiger partial charge in [-0.3, -0.25) is 19.7 Å². The van der Waals surface area contributed by atoms with Gasteiger partial charge in [0.2, 0.25) is 5.91 Å². The summed E-state index contributed by atoms with van der Waals surface area (Å²) in [5.74, 6) is -1.46. The fourth-order valence-electron chi connectivity index (χ4n) is 3.99. The Labute approximate surface area is 194 Å². The molecule has 1 saturated heterocycles. The molecule has 2 atom stereocenters. The van der Waals surface area contributed by atoms with Crippen molar-refractivity contribution in [3.63, 3.8) is 0 Å². The Morgan fingerprint density at radius 1 is 1.03 bits per heavy atom. The van der Waals surface area contributed by atoms with E-state index in [0.29, 0.717) is 25.8 Å². The smallest absolute Gasteiger partial charge is 0.320 e. The van der Waals surface area contributed by atoms with Gasteiger partial charge in [-0.1, -0.05) is 60.7 Å². The molecule has 1 amide bonds. The molecule has 33 heavy (non-hydrogen) atoms. The van der Waals surface area contributed by atoms with Crippen LogP contribution < -0.4 is 5.32 Å². The van der Waals surface area contributed by atoms with Crippen LogP contribution in [0.15, 0.2) is 60.7 Å². The third-order valence-corrected chi connectivity index (χ3v) is 5.87. The van der Waals surface area contributed by atoms with Crippen LogP contribution in [0.1, 0.15) is 43.2 Å². The van der Waals surface area contributed by atoms with E-state index in [1.165, 1.54) is 0 Å². The number of aryl methyl sites for hydroxylation is 1. The highest BCUT2D eigenvalue weighted by atomic mass is 16.5. The molecule has 0 unspecified atom stereocenters. The van der Waals surface area contributed by atoms with E-state index < -0.39 is 18.1 Å². The second kappa shape index (κ2) is 12.7. The number of rotatable bonds is 11. The zero-order valence-corrected chi connectivity index (χ0v) is 18.8. The zero-order valence-electron chi connectivity index (χ0n) is 18.8. The highest BCUT2D eigenvalue weighted by Crippen LogP contribution is 2.15. The molecule has 0 aliphatic carbocycles. The number of likely N-dealkylation sites (tertiary alicyclic amines) is 1. The van der Waals surface area contributed by atoms with Crippen molar-refractivity contribution in [2.24, 2.45) is 0 Å². The molecule has 0 bridgehead atoms. The first kappa shape index (κ1) is 24.5. The Morgan fingerprint density at radius 3 is 2.36 bits per heavy atom. The minimum Gasteiger partial charge on any atom is -0.480 e. The lowest BCUT2D eigenvalue weighted by atomic mass is 10.0. The van der Waals surface area contributed by atoms with Gasteiger partial charge in [0, 0.05) is 13.1 Å². The van der Waals surface area contributed by atoms with Gasteiger partial charge >= 0.3 is 11.9 Å². The minimum absolute atomic E-state index is 0.113. The van der Waals surface area contributed by atoms with Gasteiger partial charge in [0.1, 0.15) is 12.6 Å².